The van der Waals surface area contributed by atoms with E-state index in [-0.39, 0.29) is 33.8 Å². The van der Waals surface area contributed by atoms with E-state index in [0.717, 1.165) is 35.6 Å². The monoisotopic (exact) mass is 1020 g/mol. The summed E-state index contributed by atoms with van der Waals surface area (Å²) in [6, 6.07) is 76.6. The van der Waals surface area contributed by atoms with Gasteiger partial charge in [0.1, 0.15) is 0 Å². The molecule has 0 amide bonds. The molecule has 4 heteroatoms. The first kappa shape index (κ1) is 51.2. The van der Waals surface area contributed by atoms with Crippen LogP contribution in [0.3, 0.4) is 0 Å². The first-order chi connectivity index (χ1) is 37.1. The largest absolute Gasteiger partial charge is 0.311 e. The fraction of sp³-hybridized carbons (Fsp3) is 0.270. The number of benzene rings is 9. The van der Waals surface area contributed by atoms with E-state index in [0.29, 0.717) is 0 Å². The molecule has 2 heterocycles. The van der Waals surface area contributed by atoms with Gasteiger partial charge in [0.2, 0.25) is 0 Å². The second-order valence-corrected chi connectivity index (χ2v) is 27.0. The highest BCUT2D eigenvalue weighted by molar-refractivity contribution is 7.00. The molecule has 1 aliphatic carbocycles. The van der Waals surface area contributed by atoms with Gasteiger partial charge in [0, 0.05) is 45.4 Å². The number of anilines is 9. The Kier molecular flexibility index (Phi) is 12.2. The van der Waals surface area contributed by atoms with Gasteiger partial charge in [0.25, 0.3) is 6.71 Å². The van der Waals surface area contributed by atoms with Gasteiger partial charge in [-0.25, -0.2) is 0 Å². The molecule has 390 valence electrons. The standard InChI is InChI=1S/C74H76BN3/c1-70(2,3)51-31-26-36-55(41-51)77-65-42-52(71(4,5)6)37-38-62(65)75-63-47-60-61(74(12,13)40-39-73(60,10)11)48-66(63)78(68-44-56(43-67(77)69(68)75)76(53-32-22-16-23-33-53)54-34-24-17-25-35-54)64-46-57(49-27-18-14-19-28-49)59(72(7,8)9)45-58(64)50-29-20-15-21-30-50/h14-38,41-48H,39-40H2,1-13H3. The van der Waals surface area contributed by atoms with Crippen LogP contribution in [-0.4, -0.2) is 6.71 Å². The van der Waals surface area contributed by atoms with Gasteiger partial charge in [-0.2, -0.15) is 0 Å². The summed E-state index contributed by atoms with van der Waals surface area (Å²) in [5, 5.41) is 0. The van der Waals surface area contributed by atoms with Crippen molar-refractivity contribution in [1.29, 1.82) is 0 Å². The molecule has 0 spiro atoms. The van der Waals surface area contributed by atoms with E-state index >= 15 is 0 Å². The molecule has 0 aromatic heterocycles. The second kappa shape index (κ2) is 18.5. The Balaban J connectivity index is 1.30. The lowest BCUT2D eigenvalue weighted by atomic mass is 9.33. The van der Waals surface area contributed by atoms with Crippen molar-refractivity contribution in [2.45, 2.75) is 130 Å². The minimum absolute atomic E-state index is 0.0133. The van der Waals surface area contributed by atoms with E-state index in [9.17, 15) is 0 Å². The lowest BCUT2D eigenvalue weighted by Crippen LogP contribution is -2.62. The van der Waals surface area contributed by atoms with Gasteiger partial charge in [-0.05, 0) is 174 Å². The van der Waals surface area contributed by atoms with Gasteiger partial charge in [-0.15, -0.1) is 0 Å². The molecule has 12 rings (SSSR count). The SMILES string of the molecule is CC(C)(C)c1cccc(N2c3cc(C(C)(C)C)ccc3B3c4cc5c(cc4N(c4cc(-c6ccccc6)c(C(C)(C)C)cc4-c4ccccc4)c4cc(N(c6ccccc6)c6ccccc6)cc2c43)C(C)(C)CCC5(C)C)c1. The molecular formula is C74H76BN3. The van der Waals surface area contributed by atoms with Crippen molar-refractivity contribution in [3.8, 4) is 22.3 Å². The molecule has 78 heavy (non-hydrogen) atoms. The zero-order valence-electron chi connectivity index (χ0n) is 48.4. The average Bonchev–Trinajstić information content (AvgIpc) is 2.52. The summed E-state index contributed by atoms with van der Waals surface area (Å²) in [6.45, 7) is 31.0. The maximum absolute atomic E-state index is 2.72. The predicted molar refractivity (Wildman–Crippen MR) is 337 cm³/mol. The minimum atomic E-state index is -0.157. The van der Waals surface area contributed by atoms with Crippen molar-refractivity contribution in [3.63, 3.8) is 0 Å². The highest BCUT2D eigenvalue weighted by Crippen LogP contribution is 2.54. The van der Waals surface area contributed by atoms with Gasteiger partial charge in [0.15, 0.2) is 0 Å². The Morgan fingerprint density at radius 1 is 0.385 bits per heavy atom. The third-order valence-electron chi connectivity index (χ3n) is 17.5. The highest BCUT2D eigenvalue weighted by atomic mass is 15.2. The van der Waals surface area contributed by atoms with Crippen LogP contribution in [-0.2, 0) is 27.1 Å². The molecule has 0 fully saturated rings. The summed E-state index contributed by atoms with van der Waals surface area (Å²) < 4.78 is 0. The fourth-order valence-corrected chi connectivity index (χ4v) is 13.0. The Morgan fingerprint density at radius 2 is 0.885 bits per heavy atom. The molecule has 3 nitrogen and oxygen atoms in total. The molecule has 0 unspecified atom stereocenters. The van der Waals surface area contributed by atoms with Gasteiger partial charge >= 0.3 is 0 Å². The molecule has 0 saturated carbocycles. The molecule has 0 N–H and O–H groups in total. The summed E-state index contributed by atoms with van der Waals surface area (Å²) in [4.78, 5) is 7.83. The molecular weight excluding hydrogens is 942 g/mol. The Hall–Kier alpha value is -7.56. The zero-order chi connectivity index (χ0) is 54.7. The summed E-state index contributed by atoms with van der Waals surface area (Å²) in [7, 11) is 0. The van der Waals surface area contributed by atoms with Crippen LogP contribution < -0.4 is 31.1 Å². The van der Waals surface area contributed by atoms with E-state index in [4.69, 9.17) is 0 Å². The normalized spacial score (nSPS) is 15.3. The average molecular weight is 1020 g/mol. The Morgan fingerprint density at radius 3 is 1.44 bits per heavy atom. The molecule has 9 aromatic carbocycles. The van der Waals surface area contributed by atoms with Crippen LogP contribution in [0.1, 0.15) is 131 Å². The quantitative estimate of drug-likeness (QED) is 0.147. The van der Waals surface area contributed by atoms with E-state index in [1.165, 1.54) is 94.9 Å². The summed E-state index contributed by atoms with van der Waals surface area (Å²) >= 11 is 0. The number of hydrogen-bond donors (Lipinski definition) is 0. The van der Waals surface area contributed by atoms with Crippen molar-refractivity contribution < 1.29 is 0 Å². The van der Waals surface area contributed by atoms with E-state index in [1.54, 1.807) is 0 Å². The van der Waals surface area contributed by atoms with Crippen LogP contribution in [0.25, 0.3) is 22.3 Å². The maximum Gasteiger partial charge on any atom is 0.252 e. The molecule has 0 atom stereocenters. The van der Waals surface area contributed by atoms with Crippen molar-refractivity contribution in [1.82, 2.24) is 0 Å². The van der Waals surface area contributed by atoms with Crippen molar-refractivity contribution >= 4 is 74.3 Å². The molecule has 3 aliphatic rings. The smallest absolute Gasteiger partial charge is 0.252 e. The van der Waals surface area contributed by atoms with Crippen LogP contribution in [0.5, 0.6) is 0 Å². The van der Waals surface area contributed by atoms with Crippen molar-refractivity contribution in [2.24, 2.45) is 0 Å². The molecule has 0 saturated heterocycles. The lowest BCUT2D eigenvalue weighted by molar-refractivity contribution is 0.332. The summed E-state index contributed by atoms with van der Waals surface area (Å²) in [5.74, 6) is 0. The van der Waals surface area contributed by atoms with Crippen LogP contribution in [0.4, 0.5) is 51.2 Å². The minimum Gasteiger partial charge on any atom is -0.311 e. The predicted octanol–water partition coefficient (Wildman–Crippen LogP) is 18.8. The van der Waals surface area contributed by atoms with Gasteiger partial charge < -0.3 is 14.7 Å². The number of rotatable bonds is 7. The van der Waals surface area contributed by atoms with Crippen LogP contribution >= 0.6 is 0 Å². The highest BCUT2D eigenvalue weighted by Gasteiger charge is 2.48. The molecule has 0 radical (unpaired) electrons. The summed E-state index contributed by atoms with van der Waals surface area (Å²) in [6.07, 6.45) is 2.26. The molecule has 9 aromatic rings. The van der Waals surface area contributed by atoms with Crippen molar-refractivity contribution in [3.05, 3.63) is 228 Å². The lowest BCUT2D eigenvalue weighted by Gasteiger charge is -2.48. The topological polar surface area (TPSA) is 9.72 Å². The van der Waals surface area contributed by atoms with Gasteiger partial charge in [-0.1, -0.05) is 217 Å². The number of hydrogen-bond acceptors (Lipinski definition) is 3. The Bertz CT molecular complexity index is 3700. The van der Waals surface area contributed by atoms with Gasteiger partial charge in [0.05, 0.1) is 11.4 Å². The number of para-hydroxylation sites is 2. The molecule has 0 bridgehead atoms. The zero-order valence-corrected chi connectivity index (χ0v) is 48.4. The Labute approximate surface area is 466 Å². The van der Waals surface area contributed by atoms with Crippen LogP contribution in [0.15, 0.2) is 200 Å². The second-order valence-electron chi connectivity index (χ2n) is 27.0. The van der Waals surface area contributed by atoms with Gasteiger partial charge in [-0.3, -0.25) is 0 Å². The number of nitrogens with zero attached hydrogens (tertiary/aromatic N) is 3. The third kappa shape index (κ3) is 8.77. The first-order valence-corrected chi connectivity index (χ1v) is 28.5. The van der Waals surface area contributed by atoms with E-state index < -0.39 is 0 Å². The first-order valence-electron chi connectivity index (χ1n) is 28.5. The van der Waals surface area contributed by atoms with Crippen LogP contribution in [0.2, 0.25) is 0 Å². The fourth-order valence-electron chi connectivity index (χ4n) is 13.0. The number of fused-ring (bicyclic) bond motifs is 5. The maximum atomic E-state index is 2.72. The molecule has 2 aliphatic heterocycles. The van der Waals surface area contributed by atoms with E-state index in [2.05, 4.69) is 305 Å². The van der Waals surface area contributed by atoms with Crippen LogP contribution in [0, 0.1) is 0 Å². The van der Waals surface area contributed by atoms with Crippen molar-refractivity contribution in [2.75, 3.05) is 14.7 Å². The third-order valence-corrected chi connectivity index (χ3v) is 17.5. The van der Waals surface area contributed by atoms with E-state index in [1.807, 2.05) is 0 Å². The summed E-state index contributed by atoms with van der Waals surface area (Å²) in [5.41, 5.74) is 25.9.